The molecule has 9 nitrogen and oxygen atoms in total. The number of carboxylic acid groups (broad SMARTS) is 1. The lowest BCUT2D eigenvalue weighted by Gasteiger charge is -2.00. The average Bonchev–Trinajstić information content (AvgIpc) is 2.03. The second kappa shape index (κ2) is 7.62. The van der Waals surface area contributed by atoms with Crippen molar-refractivity contribution in [1.82, 2.24) is 5.43 Å². The highest BCUT2D eigenvalue weighted by atomic mass is 32.1. The second-order valence-electron chi connectivity index (χ2n) is 1.78. The number of hydrogen-bond donors (Lipinski definition) is 6. The van der Waals surface area contributed by atoms with Crippen LogP contribution in [-0.2, 0) is 14.0 Å². The molecule has 0 bridgehead atoms. The van der Waals surface area contributed by atoms with Crippen LogP contribution < -0.4 is 17.0 Å². The topological polar surface area (TPSA) is 168 Å². The van der Waals surface area contributed by atoms with Crippen molar-refractivity contribution in [3.63, 3.8) is 0 Å². The molecule has 11 heteroatoms. The lowest BCUT2D eigenvalue weighted by Crippen LogP contribution is -2.34. The smallest absolute Gasteiger partial charge is 0.366 e. The molecule has 0 saturated heterocycles. The first-order chi connectivity index (χ1) is 6.25. The summed E-state index contributed by atoms with van der Waals surface area (Å²) in [7, 11) is -4.27. The Morgan fingerprint density at radius 1 is 1.64 bits per heavy atom. The van der Waals surface area contributed by atoms with Crippen LogP contribution in [0.25, 0.3) is 0 Å². The summed E-state index contributed by atoms with van der Waals surface area (Å²) in [5.74, 6) is 3.15. The molecule has 1 unspecified atom stereocenters. The van der Waals surface area contributed by atoms with Gasteiger partial charge < -0.3 is 21.2 Å². The molecule has 0 radical (unpaired) electrons. The van der Waals surface area contributed by atoms with E-state index in [4.69, 9.17) is 21.0 Å². The van der Waals surface area contributed by atoms with Gasteiger partial charge in [-0.1, -0.05) is 0 Å². The number of carboxylic acids is 1. The maximum Gasteiger partial charge on any atom is 0.366 e. The first-order valence-corrected chi connectivity index (χ1v) is 5.05. The van der Waals surface area contributed by atoms with Gasteiger partial charge in [0.2, 0.25) is 0 Å². The van der Waals surface area contributed by atoms with Crippen molar-refractivity contribution in [3.05, 3.63) is 0 Å². The Morgan fingerprint density at radius 3 is 2.07 bits per heavy atom. The van der Waals surface area contributed by atoms with Crippen LogP contribution in [0.15, 0.2) is 0 Å². The van der Waals surface area contributed by atoms with E-state index in [2.05, 4.69) is 22.7 Å². The summed E-state index contributed by atoms with van der Waals surface area (Å²) >= 11 is 4.24. The molecule has 0 spiro atoms. The summed E-state index contributed by atoms with van der Waals surface area (Å²) in [5, 5.41) is 15.5. The predicted octanol–water partition coefficient (Wildman–Crippen LogP) is -1.56. The van der Waals surface area contributed by atoms with Crippen molar-refractivity contribution < 1.29 is 29.3 Å². The van der Waals surface area contributed by atoms with Gasteiger partial charge in [0.1, 0.15) is 6.16 Å². The third kappa shape index (κ3) is 13.8. The zero-order valence-corrected chi connectivity index (χ0v) is 8.49. The van der Waals surface area contributed by atoms with E-state index >= 15 is 0 Å². The minimum Gasteiger partial charge on any atom is -0.481 e. The number of thiocarbonyl (C=S) groups is 1. The van der Waals surface area contributed by atoms with E-state index in [1.165, 1.54) is 0 Å². The number of hydrazine groups is 1. The molecule has 0 aliphatic heterocycles. The lowest BCUT2D eigenvalue weighted by molar-refractivity contribution is -0.149. The maximum atomic E-state index is 10.1. The largest absolute Gasteiger partial charge is 0.481 e. The predicted molar refractivity (Wildman–Crippen MR) is 50.2 cm³/mol. The fraction of sp³-hybridized carbons (Fsp3) is 0.333. The van der Waals surface area contributed by atoms with Crippen LogP contribution in [0.1, 0.15) is 0 Å². The average molecular weight is 247 g/mol. The van der Waals surface area contributed by atoms with E-state index in [0.717, 1.165) is 0 Å². The number of hydrogen-bond acceptors (Lipinski definition) is 6. The first kappa shape index (κ1) is 15.7. The Kier molecular flexibility index (Phi) is 8.54. The third-order valence-corrected chi connectivity index (χ3v) is 1.65. The highest BCUT2D eigenvalue weighted by Crippen LogP contribution is 2.39. The van der Waals surface area contributed by atoms with E-state index in [-0.39, 0.29) is 5.11 Å². The first-order valence-electron chi connectivity index (χ1n) is 2.88. The molecule has 1 atom stereocenters. The Bertz CT molecular complexity index is 246. The van der Waals surface area contributed by atoms with Crippen molar-refractivity contribution in [3.8, 4) is 0 Å². The molecule has 0 heterocycles. The van der Waals surface area contributed by atoms with Gasteiger partial charge >= 0.3 is 13.6 Å². The summed E-state index contributed by atoms with van der Waals surface area (Å²) in [5.41, 5.74) is 6.82. The minimum atomic E-state index is -4.27. The molecule has 0 aromatic carbocycles. The summed E-state index contributed by atoms with van der Waals surface area (Å²) in [4.78, 5) is 17.8. The van der Waals surface area contributed by atoms with Crippen molar-refractivity contribution in [2.45, 2.75) is 0 Å². The molecule has 0 saturated carbocycles. The van der Waals surface area contributed by atoms with Gasteiger partial charge in [-0.2, -0.15) is 4.67 Å². The van der Waals surface area contributed by atoms with Crippen LogP contribution in [-0.4, -0.2) is 32.5 Å². The molecule has 0 aliphatic rings. The van der Waals surface area contributed by atoms with Gasteiger partial charge in [0.05, 0.1) is 0 Å². The Hall–Kier alpha value is -0.770. The molecule has 0 fully saturated rings. The standard InChI is InChI=1S/C2H5O6P.CH5N3S/c3-2(4)1-9(6,7)8-5;2-1(5)4-3/h5H,1H2,(H,3,4)(H,6,7);3H2,(H3,2,4,5). The summed E-state index contributed by atoms with van der Waals surface area (Å²) in [6.07, 6.45) is -1.09. The van der Waals surface area contributed by atoms with Crippen LogP contribution in [0.2, 0.25) is 0 Å². The zero-order valence-electron chi connectivity index (χ0n) is 6.78. The van der Waals surface area contributed by atoms with E-state index < -0.39 is 19.7 Å². The quantitative estimate of drug-likeness (QED) is 0.113. The molecule has 84 valence electrons. The monoisotopic (exact) mass is 247 g/mol. The molecule has 0 aliphatic carbocycles. The van der Waals surface area contributed by atoms with Crippen molar-refractivity contribution in [2.24, 2.45) is 11.6 Å². The van der Waals surface area contributed by atoms with Gasteiger partial charge in [0.25, 0.3) is 0 Å². The summed E-state index contributed by atoms with van der Waals surface area (Å²) < 4.78 is 13.1. The highest BCUT2D eigenvalue weighted by molar-refractivity contribution is 7.80. The van der Waals surface area contributed by atoms with Crippen molar-refractivity contribution >= 4 is 30.9 Å². The van der Waals surface area contributed by atoms with Gasteiger partial charge in [-0.3, -0.25) is 9.36 Å². The highest BCUT2D eigenvalue weighted by Gasteiger charge is 2.23. The Morgan fingerprint density at radius 2 is 2.00 bits per heavy atom. The van der Waals surface area contributed by atoms with Gasteiger partial charge in [-0.15, -0.1) is 0 Å². The molecule has 0 aromatic rings. The van der Waals surface area contributed by atoms with Crippen LogP contribution >= 0.6 is 19.8 Å². The molecular formula is C3H10N3O6PS. The second-order valence-corrected chi connectivity index (χ2v) is 3.97. The fourth-order valence-corrected chi connectivity index (χ4v) is 0.599. The maximum absolute atomic E-state index is 10.1. The normalized spacial score (nSPS) is 13.1. The van der Waals surface area contributed by atoms with E-state index in [0.29, 0.717) is 0 Å². The summed E-state index contributed by atoms with van der Waals surface area (Å²) in [6, 6.07) is 0. The molecular weight excluding hydrogens is 237 g/mol. The van der Waals surface area contributed by atoms with Crippen molar-refractivity contribution in [2.75, 3.05) is 6.16 Å². The fourth-order valence-electron chi connectivity index (χ4n) is 0.200. The summed E-state index contributed by atoms with van der Waals surface area (Å²) in [6.45, 7) is 0. The number of nitrogens with one attached hydrogen (secondary N) is 1. The number of rotatable bonds is 3. The van der Waals surface area contributed by atoms with Crippen molar-refractivity contribution in [1.29, 1.82) is 0 Å². The minimum absolute atomic E-state index is 0.116. The van der Waals surface area contributed by atoms with E-state index in [9.17, 15) is 9.36 Å². The Balaban J connectivity index is 0. The van der Waals surface area contributed by atoms with Gasteiger partial charge in [0, 0.05) is 0 Å². The molecule has 8 N–H and O–H groups in total. The number of aliphatic carboxylic acids is 1. The van der Waals surface area contributed by atoms with Crippen LogP contribution in [0.3, 0.4) is 0 Å². The SMILES string of the molecule is NNC(N)=S.O=C(O)CP(=O)(O)OO. The van der Waals surface area contributed by atoms with Gasteiger partial charge in [0.15, 0.2) is 5.11 Å². The van der Waals surface area contributed by atoms with Crippen LogP contribution in [0.4, 0.5) is 0 Å². The molecule has 0 amide bonds. The van der Waals surface area contributed by atoms with E-state index in [1.54, 1.807) is 0 Å². The van der Waals surface area contributed by atoms with Gasteiger partial charge in [-0.25, -0.2) is 11.1 Å². The number of nitrogens with two attached hydrogens (primary N) is 2. The number of carbonyl (C=O) groups is 1. The zero-order chi connectivity index (χ0) is 11.8. The molecule has 0 aromatic heterocycles. The lowest BCUT2D eigenvalue weighted by atomic mass is 10.8. The molecule has 0 rings (SSSR count). The van der Waals surface area contributed by atoms with Crippen LogP contribution in [0.5, 0.6) is 0 Å². The van der Waals surface area contributed by atoms with E-state index in [1.807, 2.05) is 5.43 Å². The molecule has 14 heavy (non-hydrogen) atoms. The Labute approximate surface area is 84.1 Å². The van der Waals surface area contributed by atoms with Crippen LogP contribution in [0, 0.1) is 0 Å². The van der Waals surface area contributed by atoms with Gasteiger partial charge in [-0.05, 0) is 12.2 Å². The third-order valence-electron chi connectivity index (χ3n) is 0.605.